The molecule has 3 nitrogen and oxygen atoms in total. The quantitative estimate of drug-likeness (QED) is 0.724. The highest BCUT2D eigenvalue weighted by Gasteiger charge is 2.07. The lowest BCUT2D eigenvalue weighted by Crippen LogP contribution is -2.07. The second-order valence-corrected chi connectivity index (χ2v) is 5.70. The zero-order valence-corrected chi connectivity index (χ0v) is 12.3. The Kier molecular flexibility index (Phi) is 3.24. The van der Waals surface area contributed by atoms with Crippen LogP contribution >= 0.6 is 11.3 Å². The molecule has 1 aromatic carbocycles. The van der Waals surface area contributed by atoms with Gasteiger partial charge in [-0.15, -0.1) is 0 Å². The van der Waals surface area contributed by atoms with Gasteiger partial charge < -0.3 is 4.90 Å². The lowest BCUT2D eigenvalue weighted by atomic mass is 10.2. The monoisotopic (exact) mass is 281 g/mol. The maximum Gasteiger partial charge on any atom is 0.144 e. The molecule has 3 aromatic rings. The molecule has 0 spiro atoms. The van der Waals surface area contributed by atoms with Gasteiger partial charge >= 0.3 is 0 Å². The molecule has 0 aliphatic carbocycles. The minimum Gasteiger partial charge on any atom is -0.378 e. The molecule has 100 valence electrons. The normalized spacial score (nSPS) is 10.7. The molecule has 3 rings (SSSR count). The minimum absolute atomic E-state index is 0.885. The van der Waals surface area contributed by atoms with Gasteiger partial charge in [-0.3, -0.25) is 0 Å². The van der Waals surface area contributed by atoms with Crippen molar-refractivity contribution in [1.29, 1.82) is 0 Å². The number of anilines is 1. The van der Waals surface area contributed by atoms with Gasteiger partial charge in [-0.2, -0.15) is 0 Å². The fraction of sp³-hybridized carbons (Fsp3) is 0.125. The van der Waals surface area contributed by atoms with Gasteiger partial charge in [0.1, 0.15) is 15.4 Å². The Morgan fingerprint density at radius 2 is 1.80 bits per heavy atom. The Morgan fingerprint density at radius 3 is 2.45 bits per heavy atom. The van der Waals surface area contributed by atoms with Gasteiger partial charge in [0.15, 0.2) is 0 Å². The number of thiazole rings is 1. The number of hydrogen-bond acceptors (Lipinski definition) is 4. The fourth-order valence-electron chi connectivity index (χ4n) is 1.97. The average Bonchev–Trinajstić information content (AvgIpc) is 2.90. The molecule has 4 heteroatoms. The summed E-state index contributed by atoms with van der Waals surface area (Å²) in [7, 11) is 4.07. The van der Waals surface area contributed by atoms with Crippen LogP contribution < -0.4 is 4.90 Å². The maximum atomic E-state index is 4.64. The van der Waals surface area contributed by atoms with E-state index >= 15 is 0 Å². The van der Waals surface area contributed by atoms with Crippen molar-refractivity contribution in [3.05, 3.63) is 48.7 Å². The Labute approximate surface area is 122 Å². The van der Waals surface area contributed by atoms with E-state index in [1.807, 2.05) is 26.2 Å². The SMILES string of the molecule is C=Cc1ccc2nc(-c3ccc(N(C)C)cc3)sc2n1. The molecular formula is C16H15N3S. The Balaban J connectivity index is 2.03. The number of hydrogen-bond donors (Lipinski definition) is 0. The van der Waals surface area contributed by atoms with Gasteiger partial charge in [0.25, 0.3) is 0 Å². The zero-order chi connectivity index (χ0) is 14.1. The van der Waals surface area contributed by atoms with Crippen molar-refractivity contribution in [3.63, 3.8) is 0 Å². The average molecular weight is 281 g/mol. The summed E-state index contributed by atoms with van der Waals surface area (Å²) in [5.74, 6) is 0. The summed E-state index contributed by atoms with van der Waals surface area (Å²) in [6.07, 6.45) is 1.75. The van der Waals surface area contributed by atoms with Crippen molar-refractivity contribution >= 4 is 33.4 Å². The van der Waals surface area contributed by atoms with Crippen molar-refractivity contribution in [2.75, 3.05) is 19.0 Å². The van der Waals surface area contributed by atoms with Gasteiger partial charge in [0, 0.05) is 25.3 Å². The van der Waals surface area contributed by atoms with Crippen molar-refractivity contribution in [2.24, 2.45) is 0 Å². The second-order valence-electron chi connectivity index (χ2n) is 4.72. The van der Waals surface area contributed by atoms with E-state index in [-0.39, 0.29) is 0 Å². The Morgan fingerprint density at radius 1 is 1.05 bits per heavy atom. The van der Waals surface area contributed by atoms with Crippen molar-refractivity contribution in [3.8, 4) is 10.6 Å². The first-order valence-corrected chi connectivity index (χ1v) is 7.17. The van der Waals surface area contributed by atoms with Gasteiger partial charge in [0.05, 0.1) is 5.69 Å². The third-order valence-corrected chi connectivity index (χ3v) is 4.13. The molecule has 0 fully saturated rings. The highest BCUT2D eigenvalue weighted by Crippen LogP contribution is 2.30. The van der Waals surface area contributed by atoms with E-state index in [1.165, 1.54) is 5.69 Å². The summed E-state index contributed by atoms with van der Waals surface area (Å²) < 4.78 is 0. The van der Waals surface area contributed by atoms with E-state index in [1.54, 1.807) is 17.4 Å². The summed E-state index contributed by atoms with van der Waals surface area (Å²) in [6.45, 7) is 3.75. The molecule has 0 bridgehead atoms. The van der Waals surface area contributed by atoms with Crippen molar-refractivity contribution < 1.29 is 0 Å². The van der Waals surface area contributed by atoms with E-state index in [2.05, 4.69) is 45.7 Å². The van der Waals surface area contributed by atoms with Crippen LogP contribution in [0.3, 0.4) is 0 Å². The first-order chi connectivity index (χ1) is 9.67. The van der Waals surface area contributed by atoms with Crippen LogP contribution in [0.1, 0.15) is 5.69 Å². The Hall–Kier alpha value is -2.20. The molecule has 0 radical (unpaired) electrons. The van der Waals surface area contributed by atoms with Crippen LogP contribution in [0.2, 0.25) is 0 Å². The molecule has 2 heterocycles. The van der Waals surface area contributed by atoms with Crippen LogP contribution in [-0.2, 0) is 0 Å². The molecule has 0 amide bonds. The van der Waals surface area contributed by atoms with E-state index in [9.17, 15) is 0 Å². The molecular weight excluding hydrogens is 266 g/mol. The largest absolute Gasteiger partial charge is 0.378 e. The van der Waals surface area contributed by atoms with E-state index in [4.69, 9.17) is 0 Å². The van der Waals surface area contributed by atoms with Gasteiger partial charge in [-0.25, -0.2) is 9.97 Å². The molecule has 0 aliphatic heterocycles. The predicted molar refractivity (Wildman–Crippen MR) is 87.3 cm³/mol. The Bertz CT molecular complexity index is 757. The van der Waals surface area contributed by atoms with E-state index < -0.39 is 0 Å². The molecule has 0 unspecified atom stereocenters. The molecule has 0 saturated carbocycles. The highest BCUT2D eigenvalue weighted by atomic mass is 32.1. The van der Waals surface area contributed by atoms with Crippen LogP contribution in [0.5, 0.6) is 0 Å². The summed E-state index contributed by atoms with van der Waals surface area (Å²) in [4.78, 5) is 12.2. The molecule has 0 atom stereocenters. The summed E-state index contributed by atoms with van der Waals surface area (Å²) in [5.41, 5.74) is 4.13. The minimum atomic E-state index is 0.885. The van der Waals surface area contributed by atoms with E-state index in [0.29, 0.717) is 0 Å². The third kappa shape index (κ3) is 2.30. The van der Waals surface area contributed by atoms with Crippen molar-refractivity contribution in [2.45, 2.75) is 0 Å². The number of nitrogens with zero attached hydrogens (tertiary/aromatic N) is 3. The van der Waals surface area contributed by atoms with Gasteiger partial charge in [-0.05, 0) is 42.5 Å². The number of aromatic nitrogens is 2. The number of rotatable bonds is 3. The molecule has 20 heavy (non-hydrogen) atoms. The standard InChI is InChI=1S/C16H15N3S/c1-4-12-7-10-14-16(17-12)20-15(18-14)11-5-8-13(9-6-11)19(2)3/h4-10H,1H2,2-3H3. The summed E-state index contributed by atoms with van der Waals surface area (Å²) in [6, 6.07) is 12.3. The fourth-order valence-corrected chi connectivity index (χ4v) is 2.92. The van der Waals surface area contributed by atoms with Crippen LogP contribution in [0.25, 0.3) is 27.0 Å². The predicted octanol–water partition coefficient (Wildman–Crippen LogP) is 4.07. The molecule has 0 N–H and O–H groups in total. The van der Waals surface area contributed by atoms with Crippen LogP contribution in [-0.4, -0.2) is 24.1 Å². The topological polar surface area (TPSA) is 29.0 Å². The summed E-state index contributed by atoms with van der Waals surface area (Å²) >= 11 is 1.61. The number of pyridine rings is 1. The van der Waals surface area contributed by atoms with Gasteiger partial charge in [0.2, 0.25) is 0 Å². The first-order valence-electron chi connectivity index (χ1n) is 6.35. The third-order valence-electron chi connectivity index (χ3n) is 3.12. The smallest absolute Gasteiger partial charge is 0.144 e. The molecule has 0 aliphatic rings. The summed E-state index contributed by atoms with van der Waals surface area (Å²) in [5, 5.41) is 0.999. The zero-order valence-electron chi connectivity index (χ0n) is 11.5. The maximum absolute atomic E-state index is 4.64. The van der Waals surface area contributed by atoms with Crippen LogP contribution in [0.15, 0.2) is 43.0 Å². The number of benzene rings is 1. The van der Waals surface area contributed by atoms with E-state index in [0.717, 1.165) is 26.6 Å². The van der Waals surface area contributed by atoms with Crippen molar-refractivity contribution in [1.82, 2.24) is 9.97 Å². The molecule has 0 saturated heterocycles. The second kappa shape index (κ2) is 5.06. The highest BCUT2D eigenvalue weighted by molar-refractivity contribution is 7.21. The number of fused-ring (bicyclic) bond motifs is 1. The van der Waals surface area contributed by atoms with Crippen LogP contribution in [0.4, 0.5) is 5.69 Å². The lowest BCUT2D eigenvalue weighted by Gasteiger charge is -2.11. The first kappa shape index (κ1) is 12.8. The molecule has 2 aromatic heterocycles. The lowest BCUT2D eigenvalue weighted by molar-refractivity contribution is 1.13. The van der Waals surface area contributed by atoms with Crippen LogP contribution in [0, 0.1) is 0 Å². The van der Waals surface area contributed by atoms with Gasteiger partial charge in [-0.1, -0.05) is 17.9 Å².